The average Bonchev–Trinajstić information content (AvgIpc) is 2.83. The number of esters is 1. The van der Waals surface area contributed by atoms with Crippen molar-refractivity contribution in [1.82, 2.24) is 0 Å². The molecule has 0 aromatic heterocycles. The highest BCUT2D eigenvalue weighted by molar-refractivity contribution is 5.84. The van der Waals surface area contributed by atoms with Crippen molar-refractivity contribution < 1.29 is 34.3 Å². The molecule has 0 aromatic rings. The molecule has 0 amide bonds. The van der Waals surface area contributed by atoms with Gasteiger partial charge in [-0.2, -0.15) is 0 Å². The van der Waals surface area contributed by atoms with Crippen LogP contribution in [0, 0.1) is 17.8 Å². The summed E-state index contributed by atoms with van der Waals surface area (Å²) in [4.78, 5) is 12.7. The lowest BCUT2D eigenvalue weighted by Crippen LogP contribution is -2.72. The first-order valence-corrected chi connectivity index (χ1v) is 9.05. The van der Waals surface area contributed by atoms with E-state index in [1.54, 1.807) is 20.8 Å². The lowest BCUT2D eigenvalue weighted by Gasteiger charge is -2.52. The third-order valence-electron chi connectivity index (χ3n) is 7.11. The Morgan fingerprint density at radius 3 is 2.44 bits per heavy atom. The third-order valence-corrected chi connectivity index (χ3v) is 7.11. The maximum Gasteiger partial charge on any atom is 0.341 e. The normalized spacial score (nSPS) is 59.8. The Hall–Kier alpha value is -0.730. The van der Waals surface area contributed by atoms with Crippen molar-refractivity contribution in [1.29, 1.82) is 0 Å². The largest absolute Gasteiger partial charge is 0.457 e. The fourth-order valence-electron chi connectivity index (χ4n) is 5.82. The van der Waals surface area contributed by atoms with E-state index in [0.29, 0.717) is 6.42 Å². The molecule has 0 spiro atoms. The number of hydrogen-bond donors (Lipinski definition) is 3. The minimum absolute atomic E-state index is 0.139. The number of fused-ring (bicyclic) bond motifs is 2. The molecule has 2 heterocycles. The van der Waals surface area contributed by atoms with Gasteiger partial charge in [-0.25, -0.2) is 4.79 Å². The molecule has 0 bridgehead atoms. The Morgan fingerprint density at radius 2 is 1.80 bits per heavy atom. The van der Waals surface area contributed by atoms with E-state index in [9.17, 15) is 20.1 Å². The molecule has 0 radical (unpaired) electrons. The van der Waals surface area contributed by atoms with Crippen molar-refractivity contribution in [2.75, 3.05) is 0 Å². The number of carbonyl (C=O) groups is 1. The average molecular weight is 356 g/mol. The van der Waals surface area contributed by atoms with Crippen LogP contribution in [0.4, 0.5) is 0 Å². The van der Waals surface area contributed by atoms with Crippen LogP contribution in [-0.4, -0.2) is 62.2 Å². The van der Waals surface area contributed by atoms with Gasteiger partial charge in [0.15, 0.2) is 17.0 Å². The van der Waals surface area contributed by atoms with Crippen molar-refractivity contribution >= 4 is 5.97 Å². The molecule has 4 rings (SSSR count). The van der Waals surface area contributed by atoms with Crippen LogP contribution >= 0.6 is 0 Å². The molecule has 7 nitrogen and oxygen atoms in total. The first-order valence-electron chi connectivity index (χ1n) is 9.05. The highest BCUT2D eigenvalue weighted by atomic mass is 16.8. The van der Waals surface area contributed by atoms with E-state index in [1.807, 2.05) is 6.92 Å². The lowest BCUT2D eigenvalue weighted by atomic mass is 9.71. The molecule has 7 heteroatoms. The first kappa shape index (κ1) is 17.7. The Morgan fingerprint density at radius 1 is 1.16 bits per heavy atom. The molecular formula is C18H28O7. The van der Waals surface area contributed by atoms with E-state index >= 15 is 0 Å². The fourth-order valence-corrected chi connectivity index (χ4v) is 5.82. The zero-order chi connectivity index (χ0) is 18.6. The van der Waals surface area contributed by atoms with Crippen LogP contribution in [-0.2, 0) is 19.0 Å². The number of rotatable bonds is 0. The Kier molecular flexibility index (Phi) is 3.36. The van der Waals surface area contributed by atoms with Crippen LogP contribution in [0.2, 0.25) is 0 Å². The van der Waals surface area contributed by atoms with Gasteiger partial charge in [-0.05, 0) is 46.0 Å². The fraction of sp³-hybridized carbons (Fsp3) is 0.944. The third kappa shape index (κ3) is 2.02. The highest BCUT2D eigenvalue weighted by Crippen LogP contribution is 2.60. The maximum absolute atomic E-state index is 12.7. The zero-order valence-corrected chi connectivity index (χ0v) is 15.4. The van der Waals surface area contributed by atoms with Gasteiger partial charge in [-0.1, -0.05) is 6.92 Å². The number of ether oxygens (including phenoxy) is 3. The smallest absolute Gasteiger partial charge is 0.341 e. The second-order valence-corrected chi connectivity index (χ2v) is 9.20. The van der Waals surface area contributed by atoms with Crippen LogP contribution in [0.25, 0.3) is 0 Å². The predicted molar refractivity (Wildman–Crippen MR) is 85.3 cm³/mol. The summed E-state index contributed by atoms with van der Waals surface area (Å²) in [6.07, 6.45) is -1.79. The summed E-state index contributed by atoms with van der Waals surface area (Å²) < 4.78 is 17.5. The molecule has 3 N–H and O–H groups in total. The molecule has 142 valence electrons. The van der Waals surface area contributed by atoms with Crippen molar-refractivity contribution in [2.45, 2.75) is 88.4 Å². The van der Waals surface area contributed by atoms with E-state index in [4.69, 9.17) is 14.2 Å². The summed E-state index contributed by atoms with van der Waals surface area (Å²) >= 11 is 0. The quantitative estimate of drug-likeness (QED) is 0.538. The summed E-state index contributed by atoms with van der Waals surface area (Å²) in [5.74, 6) is -2.62. The molecule has 25 heavy (non-hydrogen) atoms. The van der Waals surface area contributed by atoms with E-state index in [-0.39, 0.29) is 24.2 Å². The Labute approximate surface area is 147 Å². The van der Waals surface area contributed by atoms with Gasteiger partial charge in [0.05, 0.1) is 17.8 Å². The summed E-state index contributed by atoms with van der Waals surface area (Å²) in [5.41, 5.74) is -4.47. The van der Waals surface area contributed by atoms with Crippen molar-refractivity contribution in [3.63, 3.8) is 0 Å². The molecule has 2 aliphatic carbocycles. The van der Waals surface area contributed by atoms with Crippen LogP contribution in [0.15, 0.2) is 0 Å². The first-order chi connectivity index (χ1) is 11.3. The molecule has 2 aliphatic heterocycles. The van der Waals surface area contributed by atoms with Crippen LogP contribution < -0.4 is 0 Å². The predicted octanol–water partition coefficient (Wildman–Crippen LogP) is 0.341. The van der Waals surface area contributed by atoms with Crippen LogP contribution in [0.5, 0.6) is 0 Å². The molecule has 4 fully saturated rings. The molecule has 4 aliphatic rings. The maximum atomic E-state index is 12.7. The van der Waals surface area contributed by atoms with Gasteiger partial charge in [-0.15, -0.1) is 0 Å². The Balaban J connectivity index is 1.90. The summed E-state index contributed by atoms with van der Waals surface area (Å²) in [6.45, 7) is 8.49. The van der Waals surface area contributed by atoms with Crippen molar-refractivity contribution in [3.8, 4) is 0 Å². The molecule has 9 atom stereocenters. The second kappa shape index (κ2) is 4.75. The number of aliphatic hydroxyl groups is 3. The van der Waals surface area contributed by atoms with Crippen LogP contribution in [0.1, 0.15) is 47.5 Å². The molecule has 2 saturated carbocycles. The van der Waals surface area contributed by atoms with Gasteiger partial charge in [0.1, 0.15) is 6.10 Å². The monoisotopic (exact) mass is 356 g/mol. The topological polar surface area (TPSA) is 105 Å². The highest BCUT2D eigenvalue weighted by Gasteiger charge is 2.78. The minimum atomic E-state index is -1.72. The molecule has 0 aromatic carbocycles. The zero-order valence-electron chi connectivity index (χ0n) is 15.4. The van der Waals surface area contributed by atoms with Gasteiger partial charge < -0.3 is 29.5 Å². The minimum Gasteiger partial charge on any atom is -0.457 e. The lowest BCUT2D eigenvalue weighted by molar-refractivity contribution is -0.384. The molecule has 2 saturated heterocycles. The molecule has 1 unspecified atom stereocenters. The van der Waals surface area contributed by atoms with Gasteiger partial charge >= 0.3 is 5.97 Å². The van der Waals surface area contributed by atoms with E-state index in [1.165, 1.54) is 6.92 Å². The number of carbonyl (C=O) groups excluding carboxylic acids is 1. The summed E-state index contributed by atoms with van der Waals surface area (Å²) in [6, 6.07) is 0. The van der Waals surface area contributed by atoms with Crippen LogP contribution in [0.3, 0.4) is 0 Å². The summed E-state index contributed by atoms with van der Waals surface area (Å²) in [5, 5.41) is 33.3. The van der Waals surface area contributed by atoms with Gasteiger partial charge in [0.2, 0.25) is 0 Å². The van der Waals surface area contributed by atoms with E-state index in [0.717, 1.165) is 0 Å². The Bertz CT molecular complexity index is 617. The second-order valence-electron chi connectivity index (χ2n) is 9.20. The van der Waals surface area contributed by atoms with Crippen molar-refractivity contribution in [2.24, 2.45) is 17.8 Å². The standard InChI is InChI=1S/C18H28O7/c1-8-10(19)6-9-12(8)13-18(22)11(7-16(9,4)21)24-15(2,3)25-17(18,5)14(20)23-13/h8-13,19,21-22H,6-7H2,1-5H3/t8-,9-,10-,11?,12+,13-,16-,17+,18+/m0/s1. The van der Waals surface area contributed by atoms with Gasteiger partial charge in [-0.3, -0.25) is 0 Å². The van der Waals surface area contributed by atoms with Gasteiger partial charge in [0.25, 0.3) is 0 Å². The SMILES string of the molecule is C[C@@H]1[C@@H]2[C@H](C[C@@H]1O)[C@@](C)(O)CC1OC(C)(C)O[C@]3(C)C(=O)O[C@@H]2[C@]13O. The number of hydrogen-bond acceptors (Lipinski definition) is 7. The van der Waals surface area contributed by atoms with E-state index in [2.05, 4.69) is 0 Å². The molecular weight excluding hydrogens is 328 g/mol. The number of aliphatic hydroxyl groups excluding tert-OH is 1. The van der Waals surface area contributed by atoms with E-state index < -0.39 is 46.9 Å². The van der Waals surface area contributed by atoms with Crippen molar-refractivity contribution in [3.05, 3.63) is 0 Å². The summed E-state index contributed by atoms with van der Waals surface area (Å²) in [7, 11) is 0. The van der Waals surface area contributed by atoms with Gasteiger partial charge in [0, 0.05) is 12.3 Å².